The van der Waals surface area contributed by atoms with Gasteiger partial charge in [-0.05, 0) is 33.0 Å². The van der Waals surface area contributed by atoms with Crippen molar-refractivity contribution in [2.75, 3.05) is 25.1 Å². The Hall–Kier alpha value is -1.66. The summed E-state index contributed by atoms with van der Waals surface area (Å²) in [5.74, 6) is 5.28. The topological polar surface area (TPSA) is 83.3 Å². The van der Waals surface area contributed by atoms with Gasteiger partial charge in [-0.1, -0.05) is 13.8 Å². The monoisotopic (exact) mass is 279 g/mol. The van der Waals surface area contributed by atoms with Crippen LogP contribution in [0.4, 0.5) is 5.69 Å². The number of amides is 1. The summed E-state index contributed by atoms with van der Waals surface area (Å²) in [6.45, 7) is 10.8. The van der Waals surface area contributed by atoms with Crippen LogP contribution in [0.5, 0.6) is 0 Å². The highest BCUT2D eigenvalue weighted by atomic mass is 16.1. The number of pyridine rings is 1. The molecule has 1 aromatic heterocycles. The number of aromatic nitrogens is 1. The number of nitrogen functional groups attached to an aromatic ring is 1. The fourth-order valence-corrected chi connectivity index (χ4v) is 2.08. The standard InChI is InChI=1S/C14H25N5O/c1-5-19(6-2)9-11(4)17-14(20)12-8-16-10(3)7-13(12)18-15/h7-8,11H,5-6,9,15H2,1-4H3,(H,16,18)(H,17,20). The summed E-state index contributed by atoms with van der Waals surface area (Å²) >= 11 is 0. The van der Waals surface area contributed by atoms with Crippen LogP contribution in [0.15, 0.2) is 12.3 Å². The summed E-state index contributed by atoms with van der Waals surface area (Å²) in [5.41, 5.74) is 4.40. The quantitative estimate of drug-likeness (QED) is 0.515. The number of nitrogens with two attached hydrogens (primary N) is 1. The van der Waals surface area contributed by atoms with E-state index < -0.39 is 0 Å². The number of rotatable bonds is 7. The van der Waals surface area contributed by atoms with Crippen LogP contribution in [0.25, 0.3) is 0 Å². The Bertz CT molecular complexity index is 445. The lowest BCUT2D eigenvalue weighted by Crippen LogP contribution is -2.42. The number of carbonyl (C=O) groups is 1. The first-order valence-corrected chi connectivity index (χ1v) is 6.98. The minimum atomic E-state index is -0.162. The third kappa shape index (κ3) is 4.47. The summed E-state index contributed by atoms with van der Waals surface area (Å²) in [7, 11) is 0. The van der Waals surface area contributed by atoms with Crippen molar-refractivity contribution in [1.82, 2.24) is 15.2 Å². The summed E-state index contributed by atoms with van der Waals surface area (Å²) in [4.78, 5) is 18.6. The molecule has 6 nitrogen and oxygen atoms in total. The summed E-state index contributed by atoms with van der Waals surface area (Å²) in [6, 6.07) is 1.82. The molecule has 1 unspecified atom stereocenters. The number of hydrazine groups is 1. The molecule has 1 aromatic rings. The highest BCUT2D eigenvalue weighted by Gasteiger charge is 2.15. The van der Waals surface area contributed by atoms with Crippen LogP contribution in [-0.2, 0) is 0 Å². The molecule has 0 fully saturated rings. The van der Waals surface area contributed by atoms with Gasteiger partial charge in [0.15, 0.2) is 0 Å². The average Bonchev–Trinajstić information content (AvgIpc) is 2.44. The zero-order valence-electron chi connectivity index (χ0n) is 12.7. The molecule has 6 heteroatoms. The van der Waals surface area contributed by atoms with Gasteiger partial charge in [-0.15, -0.1) is 0 Å². The lowest BCUT2D eigenvalue weighted by atomic mass is 10.2. The Balaban J connectivity index is 2.71. The van der Waals surface area contributed by atoms with Crippen LogP contribution in [0, 0.1) is 6.92 Å². The van der Waals surface area contributed by atoms with Gasteiger partial charge in [-0.2, -0.15) is 0 Å². The first-order valence-electron chi connectivity index (χ1n) is 6.98. The molecular formula is C14H25N5O. The van der Waals surface area contributed by atoms with E-state index in [0.717, 1.165) is 25.3 Å². The Labute approximate surface area is 120 Å². The summed E-state index contributed by atoms with van der Waals surface area (Å²) in [5, 5.41) is 2.97. The van der Waals surface area contributed by atoms with Crippen molar-refractivity contribution in [2.45, 2.75) is 33.7 Å². The first-order chi connectivity index (χ1) is 9.51. The second-order valence-electron chi connectivity index (χ2n) is 4.88. The van der Waals surface area contributed by atoms with Crippen LogP contribution >= 0.6 is 0 Å². The van der Waals surface area contributed by atoms with Crippen LogP contribution < -0.4 is 16.6 Å². The predicted octanol–water partition coefficient (Wildman–Crippen LogP) is 1.14. The number of nitrogens with one attached hydrogen (secondary N) is 2. The minimum absolute atomic E-state index is 0.0642. The Kier molecular flexibility index (Phi) is 6.41. The predicted molar refractivity (Wildman–Crippen MR) is 81.5 cm³/mol. The molecule has 0 aliphatic rings. The average molecular weight is 279 g/mol. The molecule has 0 aromatic carbocycles. The van der Waals surface area contributed by atoms with Crippen molar-refractivity contribution in [2.24, 2.45) is 5.84 Å². The maximum atomic E-state index is 12.2. The highest BCUT2D eigenvalue weighted by Crippen LogP contribution is 2.14. The second kappa shape index (κ2) is 7.81. The highest BCUT2D eigenvalue weighted by molar-refractivity contribution is 5.99. The van der Waals surface area contributed by atoms with Crippen molar-refractivity contribution in [3.05, 3.63) is 23.5 Å². The number of carbonyl (C=O) groups excluding carboxylic acids is 1. The number of nitrogens with zero attached hydrogens (tertiary/aromatic N) is 2. The Morgan fingerprint density at radius 2 is 2.10 bits per heavy atom. The van der Waals surface area contributed by atoms with Crippen molar-refractivity contribution in [3.8, 4) is 0 Å². The van der Waals surface area contributed by atoms with E-state index in [-0.39, 0.29) is 11.9 Å². The molecule has 0 aliphatic carbocycles. The van der Waals surface area contributed by atoms with Crippen LogP contribution in [0.1, 0.15) is 36.8 Å². The molecular weight excluding hydrogens is 254 g/mol. The third-order valence-corrected chi connectivity index (χ3v) is 3.24. The molecule has 0 radical (unpaired) electrons. The van der Waals surface area contributed by atoms with Crippen LogP contribution in [-0.4, -0.2) is 41.5 Å². The van der Waals surface area contributed by atoms with Gasteiger partial charge in [0.2, 0.25) is 0 Å². The first kappa shape index (κ1) is 16.4. The molecule has 1 heterocycles. The van der Waals surface area contributed by atoms with Crippen molar-refractivity contribution in [1.29, 1.82) is 0 Å². The number of likely N-dealkylation sites (N-methyl/N-ethyl adjacent to an activating group) is 1. The largest absolute Gasteiger partial charge is 0.348 e. The Morgan fingerprint density at radius 1 is 1.45 bits per heavy atom. The fourth-order valence-electron chi connectivity index (χ4n) is 2.08. The number of hydrogen-bond donors (Lipinski definition) is 3. The zero-order chi connectivity index (χ0) is 15.1. The normalized spacial score (nSPS) is 12.3. The van der Waals surface area contributed by atoms with Gasteiger partial charge in [0.1, 0.15) is 0 Å². The van der Waals surface area contributed by atoms with E-state index in [1.807, 2.05) is 13.8 Å². The number of aryl methyl sites for hydroxylation is 1. The molecule has 0 spiro atoms. The number of anilines is 1. The van der Waals surface area contributed by atoms with Crippen molar-refractivity contribution < 1.29 is 4.79 Å². The SMILES string of the molecule is CCN(CC)CC(C)NC(=O)c1cnc(C)cc1NN. The maximum Gasteiger partial charge on any atom is 0.255 e. The van der Waals surface area contributed by atoms with E-state index in [9.17, 15) is 4.79 Å². The second-order valence-corrected chi connectivity index (χ2v) is 4.88. The van der Waals surface area contributed by atoms with Gasteiger partial charge < -0.3 is 15.6 Å². The maximum absolute atomic E-state index is 12.2. The summed E-state index contributed by atoms with van der Waals surface area (Å²) < 4.78 is 0. The Morgan fingerprint density at radius 3 is 2.65 bits per heavy atom. The molecule has 0 bridgehead atoms. The molecule has 1 rings (SSSR count). The molecule has 1 amide bonds. The zero-order valence-corrected chi connectivity index (χ0v) is 12.7. The molecule has 4 N–H and O–H groups in total. The van der Waals surface area contributed by atoms with E-state index in [2.05, 4.69) is 34.5 Å². The van der Waals surface area contributed by atoms with Gasteiger partial charge in [-0.3, -0.25) is 15.6 Å². The lowest BCUT2D eigenvalue weighted by Gasteiger charge is -2.23. The van der Waals surface area contributed by atoms with Crippen LogP contribution in [0.2, 0.25) is 0 Å². The molecule has 0 aliphatic heterocycles. The van der Waals surface area contributed by atoms with E-state index in [1.165, 1.54) is 0 Å². The molecule has 112 valence electrons. The van der Waals surface area contributed by atoms with E-state index in [0.29, 0.717) is 11.3 Å². The van der Waals surface area contributed by atoms with Gasteiger partial charge in [-0.25, -0.2) is 0 Å². The lowest BCUT2D eigenvalue weighted by molar-refractivity contribution is 0.0930. The van der Waals surface area contributed by atoms with Crippen molar-refractivity contribution >= 4 is 11.6 Å². The number of hydrogen-bond acceptors (Lipinski definition) is 5. The van der Waals surface area contributed by atoms with Gasteiger partial charge >= 0.3 is 0 Å². The van der Waals surface area contributed by atoms with Gasteiger partial charge in [0, 0.05) is 24.5 Å². The molecule has 1 atom stereocenters. The summed E-state index contributed by atoms with van der Waals surface area (Å²) in [6.07, 6.45) is 1.55. The van der Waals surface area contributed by atoms with Gasteiger partial charge in [0.25, 0.3) is 5.91 Å². The van der Waals surface area contributed by atoms with E-state index in [1.54, 1.807) is 12.3 Å². The molecule has 0 saturated heterocycles. The minimum Gasteiger partial charge on any atom is -0.348 e. The van der Waals surface area contributed by atoms with Crippen molar-refractivity contribution in [3.63, 3.8) is 0 Å². The van der Waals surface area contributed by atoms with Crippen LogP contribution in [0.3, 0.4) is 0 Å². The van der Waals surface area contributed by atoms with E-state index in [4.69, 9.17) is 5.84 Å². The molecule has 0 saturated carbocycles. The fraction of sp³-hybridized carbons (Fsp3) is 0.571. The third-order valence-electron chi connectivity index (χ3n) is 3.24. The smallest absolute Gasteiger partial charge is 0.255 e. The van der Waals surface area contributed by atoms with E-state index >= 15 is 0 Å². The molecule has 20 heavy (non-hydrogen) atoms. The van der Waals surface area contributed by atoms with Gasteiger partial charge in [0.05, 0.1) is 11.3 Å².